The Balaban J connectivity index is 1.16. The molecule has 3 N–H and O–H groups in total. The van der Waals surface area contributed by atoms with Gasteiger partial charge in [-0.05, 0) is 55.0 Å². The lowest BCUT2D eigenvalue weighted by Crippen LogP contribution is -2.16. The monoisotopic (exact) mass is 812 g/mol. The Hall–Kier alpha value is -3.13. The second-order valence-corrected chi connectivity index (χ2v) is 12.1. The topological polar surface area (TPSA) is 175 Å². The van der Waals surface area contributed by atoms with Crippen molar-refractivity contribution in [2.24, 2.45) is 0 Å². The van der Waals surface area contributed by atoms with Crippen molar-refractivity contribution in [3.8, 4) is 5.75 Å². The fraction of sp³-hybridized carbons (Fsp3) is 0.683. The molecule has 2 aromatic rings. The summed E-state index contributed by atoms with van der Waals surface area (Å²) in [5.74, 6) is 0.404. The van der Waals surface area contributed by atoms with Crippen molar-refractivity contribution in [1.29, 1.82) is 0 Å². The third-order valence-electron chi connectivity index (χ3n) is 7.54. The largest absolute Gasteiger partial charge is 0.491 e. The van der Waals surface area contributed by atoms with Crippen LogP contribution in [0.25, 0.3) is 0 Å². The van der Waals surface area contributed by atoms with Crippen molar-refractivity contribution < 1.29 is 66.4 Å². The zero-order chi connectivity index (χ0) is 40.5. The minimum atomic E-state index is -0.364. The van der Waals surface area contributed by atoms with Crippen molar-refractivity contribution in [3.63, 3.8) is 0 Å². The molecule has 0 unspecified atom stereocenters. The van der Waals surface area contributed by atoms with E-state index < -0.39 is 0 Å². The summed E-state index contributed by atoms with van der Waals surface area (Å²) in [6, 6.07) is 14.5. The number of unbranched alkanes of at least 4 members (excludes halogenated alkanes) is 1. The Morgan fingerprint density at radius 1 is 0.456 bits per heavy atom. The highest BCUT2D eigenvalue weighted by Gasteiger charge is 2.07. The maximum absolute atomic E-state index is 12.1. The van der Waals surface area contributed by atoms with Gasteiger partial charge in [-0.15, -0.1) is 0 Å². The fourth-order valence-corrected chi connectivity index (χ4v) is 4.49. The minimum absolute atomic E-state index is 0.186. The van der Waals surface area contributed by atoms with E-state index in [-0.39, 0.29) is 12.6 Å². The second-order valence-electron chi connectivity index (χ2n) is 12.1. The predicted molar refractivity (Wildman–Crippen MR) is 215 cm³/mol. The number of nitrogens with one attached hydrogen (secondary N) is 1. The van der Waals surface area contributed by atoms with Gasteiger partial charge in [0.25, 0.3) is 0 Å². The van der Waals surface area contributed by atoms with E-state index in [4.69, 9.17) is 67.3 Å². The molecule has 0 aliphatic rings. The standard InChI is InChI=1S/C41H68N2O14/c1-2-3-12-43-39-8-4-37(5-9-39)41(44)57-36-34-55-32-30-53-28-26-51-24-22-49-20-18-47-16-14-45-13-15-46-17-19-48-21-23-50-25-27-52-29-31-54-33-35-56-40-10-6-38(42)7-11-40/h4-11,43H,2-3,12-36,42H2,1H3. The first-order chi connectivity index (χ1) is 28.2. The molecular weight excluding hydrogens is 744 g/mol. The van der Waals surface area contributed by atoms with Crippen molar-refractivity contribution >= 4 is 17.3 Å². The minimum Gasteiger partial charge on any atom is -0.491 e. The first-order valence-electron chi connectivity index (χ1n) is 20.0. The molecule has 0 aromatic heterocycles. The zero-order valence-electron chi connectivity index (χ0n) is 34.0. The van der Waals surface area contributed by atoms with Crippen molar-refractivity contribution in [3.05, 3.63) is 54.1 Å². The molecule has 16 heteroatoms. The molecule has 2 rings (SSSR count). The summed E-state index contributed by atoms with van der Waals surface area (Å²) in [7, 11) is 0. The number of carbonyl (C=O) groups excluding carboxylic acids is 1. The van der Waals surface area contributed by atoms with Crippen LogP contribution in [-0.2, 0) is 56.8 Å². The molecule has 0 heterocycles. The van der Waals surface area contributed by atoms with Crippen molar-refractivity contribution in [2.45, 2.75) is 19.8 Å². The maximum Gasteiger partial charge on any atom is 0.338 e. The van der Waals surface area contributed by atoms with E-state index in [2.05, 4.69) is 12.2 Å². The molecule has 0 saturated carbocycles. The van der Waals surface area contributed by atoms with E-state index in [1.54, 1.807) is 24.3 Å². The van der Waals surface area contributed by atoms with Crippen LogP contribution in [0.15, 0.2) is 48.5 Å². The van der Waals surface area contributed by atoms with Gasteiger partial charge in [0.1, 0.15) is 19.0 Å². The molecule has 0 spiro atoms. The highest BCUT2D eigenvalue weighted by atomic mass is 16.6. The Morgan fingerprint density at radius 2 is 0.789 bits per heavy atom. The highest BCUT2D eigenvalue weighted by molar-refractivity contribution is 5.89. The molecule has 0 fully saturated rings. The van der Waals surface area contributed by atoms with Gasteiger partial charge in [0.2, 0.25) is 0 Å². The molecule has 0 atom stereocenters. The van der Waals surface area contributed by atoms with Gasteiger partial charge in [0.05, 0.1) is 151 Å². The van der Waals surface area contributed by atoms with E-state index in [9.17, 15) is 4.79 Å². The number of ether oxygens (including phenoxy) is 13. The van der Waals surface area contributed by atoms with Crippen LogP contribution >= 0.6 is 0 Å². The molecule has 0 radical (unpaired) electrons. The van der Waals surface area contributed by atoms with Crippen LogP contribution in [-0.4, -0.2) is 171 Å². The predicted octanol–water partition coefficient (Wildman–Crippen LogP) is 3.90. The molecular formula is C41H68N2O14. The fourth-order valence-electron chi connectivity index (χ4n) is 4.49. The number of anilines is 2. The molecule has 2 aromatic carbocycles. The quantitative estimate of drug-likeness (QED) is 0.0561. The lowest BCUT2D eigenvalue weighted by atomic mass is 10.2. The zero-order valence-corrected chi connectivity index (χ0v) is 34.0. The SMILES string of the molecule is CCCCNc1ccc(C(=O)OCCOCCOCCOCCOCCOCCOCCOCCOCCOCCOCCOCCOc2ccc(N)cc2)cc1. The average Bonchev–Trinajstić information content (AvgIpc) is 3.23. The van der Waals surface area contributed by atoms with Gasteiger partial charge >= 0.3 is 5.97 Å². The van der Waals surface area contributed by atoms with Gasteiger partial charge in [0.15, 0.2) is 0 Å². The molecule has 0 saturated heterocycles. The Labute approximate surface area is 339 Å². The van der Waals surface area contributed by atoms with E-state index in [1.807, 2.05) is 24.3 Å². The van der Waals surface area contributed by atoms with E-state index >= 15 is 0 Å². The number of nitrogens with two attached hydrogens (primary N) is 1. The summed E-state index contributed by atoms with van der Waals surface area (Å²) >= 11 is 0. The van der Waals surface area contributed by atoms with Gasteiger partial charge in [-0.2, -0.15) is 0 Å². The summed E-state index contributed by atoms with van der Waals surface area (Å²) in [6.07, 6.45) is 2.24. The average molecular weight is 813 g/mol. The van der Waals surface area contributed by atoms with E-state index in [1.165, 1.54) is 0 Å². The van der Waals surface area contributed by atoms with Gasteiger partial charge in [-0.1, -0.05) is 13.3 Å². The Morgan fingerprint density at radius 3 is 1.14 bits per heavy atom. The normalized spacial score (nSPS) is 11.2. The lowest BCUT2D eigenvalue weighted by molar-refractivity contribution is -0.0282. The maximum atomic E-state index is 12.1. The number of nitrogen functional groups attached to an aromatic ring is 1. The summed E-state index contributed by atoms with van der Waals surface area (Å²) in [5.41, 5.74) is 7.86. The van der Waals surface area contributed by atoms with Gasteiger partial charge < -0.3 is 72.6 Å². The molecule has 16 nitrogen and oxygen atoms in total. The number of esters is 1. The number of benzene rings is 2. The van der Waals surface area contributed by atoms with Gasteiger partial charge in [-0.25, -0.2) is 4.79 Å². The third-order valence-corrected chi connectivity index (χ3v) is 7.54. The molecule has 326 valence electrons. The first-order valence-corrected chi connectivity index (χ1v) is 20.0. The number of hydrogen-bond acceptors (Lipinski definition) is 16. The van der Waals surface area contributed by atoms with Crippen molar-refractivity contribution in [1.82, 2.24) is 0 Å². The van der Waals surface area contributed by atoms with Crippen LogP contribution < -0.4 is 15.8 Å². The summed E-state index contributed by atoms with van der Waals surface area (Å²) in [6.45, 7) is 14.1. The van der Waals surface area contributed by atoms with Crippen LogP contribution in [0, 0.1) is 0 Å². The summed E-state index contributed by atoms with van der Waals surface area (Å²) in [5, 5.41) is 3.32. The number of hydrogen-bond donors (Lipinski definition) is 2. The van der Waals surface area contributed by atoms with Crippen LogP contribution in [0.5, 0.6) is 5.75 Å². The summed E-state index contributed by atoms with van der Waals surface area (Å²) in [4.78, 5) is 12.1. The molecule has 0 bridgehead atoms. The third kappa shape index (κ3) is 31.5. The van der Waals surface area contributed by atoms with Gasteiger partial charge in [0, 0.05) is 17.9 Å². The van der Waals surface area contributed by atoms with E-state index in [0.717, 1.165) is 30.8 Å². The van der Waals surface area contributed by atoms with E-state index in [0.29, 0.717) is 163 Å². The molecule has 0 aliphatic heterocycles. The Kier molecular flexibility index (Phi) is 33.7. The Bertz CT molecular complexity index is 1160. The van der Waals surface area contributed by atoms with Crippen LogP contribution in [0.1, 0.15) is 30.1 Å². The second kappa shape index (κ2) is 38.4. The van der Waals surface area contributed by atoms with Crippen molar-refractivity contribution in [2.75, 3.05) is 176 Å². The smallest absolute Gasteiger partial charge is 0.338 e. The molecule has 0 aliphatic carbocycles. The van der Waals surface area contributed by atoms with Crippen LogP contribution in [0.3, 0.4) is 0 Å². The highest BCUT2D eigenvalue weighted by Crippen LogP contribution is 2.13. The summed E-state index contributed by atoms with van der Waals surface area (Å²) < 4.78 is 71.2. The molecule has 0 amide bonds. The number of carbonyl (C=O) groups is 1. The first kappa shape index (κ1) is 50.0. The van der Waals surface area contributed by atoms with Gasteiger partial charge in [-0.3, -0.25) is 0 Å². The number of rotatable bonds is 42. The molecule has 57 heavy (non-hydrogen) atoms. The van der Waals surface area contributed by atoms with Crippen LogP contribution in [0.2, 0.25) is 0 Å². The lowest BCUT2D eigenvalue weighted by Gasteiger charge is -2.09. The van der Waals surface area contributed by atoms with Crippen LogP contribution in [0.4, 0.5) is 11.4 Å².